The number of carbonyl (C=O) groups is 6. The molecule has 4 rings (SSSR count). The minimum atomic E-state index is -1.69. The van der Waals surface area contributed by atoms with Crippen molar-refractivity contribution in [1.82, 2.24) is 26.3 Å². The Bertz CT molecular complexity index is 1930. The highest BCUT2D eigenvalue weighted by Crippen LogP contribution is 2.19. The van der Waals surface area contributed by atoms with Gasteiger partial charge in [-0.2, -0.15) is 0 Å². The second-order valence-electron chi connectivity index (χ2n) is 13.5. The van der Waals surface area contributed by atoms with Crippen LogP contribution >= 0.6 is 0 Å². The van der Waals surface area contributed by atoms with Crippen molar-refractivity contribution in [2.24, 2.45) is 11.7 Å². The molecule has 0 radical (unpaired) electrons. The maximum Gasteiger partial charge on any atom is 0.326 e. The Kier molecular flexibility index (Phi) is 14.3. The van der Waals surface area contributed by atoms with Crippen molar-refractivity contribution < 1.29 is 44.1 Å². The molecule has 15 heteroatoms. The van der Waals surface area contributed by atoms with Crippen LogP contribution in [-0.2, 0) is 48.0 Å². The fourth-order valence-corrected chi connectivity index (χ4v) is 5.94. The highest BCUT2D eigenvalue weighted by Gasteiger charge is 2.33. The lowest BCUT2D eigenvalue weighted by molar-refractivity contribution is -0.144. The van der Waals surface area contributed by atoms with Gasteiger partial charge in [-0.25, -0.2) is 4.79 Å². The molecule has 4 amide bonds. The van der Waals surface area contributed by atoms with Gasteiger partial charge in [-0.1, -0.05) is 74.5 Å². The summed E-state index contributed by atoms with van der Waals surface area (Å²) in [6, 6.07) is 15.4. The van der Waals surface area contributed by atoms with Gasteiger partial charge in [-0.05, 0) is 53.6 Å². The van der Waals surface area contributed by atoms with E-state index in [1.54, 1.807) is 62.5 Å². The van der Waals surface area contributed by atoms with Crippen molar-refractivity contribution in [3.8, 4) is 5.75 Å². The summed E-state index contributed by atoms with van der Waals surface area (Å²) in [7, 11) is 0. The van der Waals surface area contributed by atoms with Crippen molar-refractivity contribution in [2.75, 3.05) is 0 Å². The summed E-state index contributed by atoms with van der Waals surface area (Å²) < 4.78 is 0. The number of hydrogen-bond acceptors (Lipinski definition) is 8. The number of aromatic amines is 1. The Labute approximate surface area is 311 Å². The molecule has 4 aromatic rings. The lowest BCUT2D eigenvalue weighted by Gasteiger charge is -2.26. The van der Waals surface area contributed by atoms with E-state index in [-0.39, 0.29) is 37.4 Å². The molecule has 0 aliphatic rings. The van der Waals surface area contributed by atoms with Crippen molar-refractivity contribution in [2.45, 2.75) is 76.2 Å². The van der Waals surface area contributed by atoms with Crippen molar-refractivity contribution in [3.05, 3.63) is 102 Å². The summed E-state index contributed by atoms with van der Waals surface area (Å²) >= 11 is 0. The number of aromatic nitrogens is 1. The van der Waals surface area contributed by atoms with E-state index in [1.807, 2.05) is 24.3 Å². The van der Waals surface area contributed by atoms with E-state index in [0.717, 1.165) is 16.5 Å². The number of fused-ring (bicyclic) bond motifs is 1. The number of para-hydroxylation sites is 1. The van der Waals surface area contributed by atoms with Crippen LogP contribution in [-0.4, -0.2) is 86.1 Å². The number of amides is 4. The second kappa shape index (κ2) is 19.0. The average Bonchev–Trinajstić information content (AvgIpc) is 3.53. The van der Waals surface area contributed by atoms with E-state index in [4.69, 9.17) is 5.73 Å². The van der Waals surface area contributed by atoms with Gasteiger partial charge in [0.1, 0.15) is 29.9 Å². The van der Waals surface area contributed by atoms with Gasteiger partial charge in [-0.15, -0.1) is 0 Å². The molecule has 0 unspecified atom stereocenters. The zero-order valence-electron chi connectivity index (χ0n) is 30.0. The molecule has 10 N–H and O–H groups in total. The molecular weight excluding hydrogens is 696 g/mol. The summed E-state index contributed by atoms with van der Waals surface area (Å²) in [5.74, 6) is -6.26. The highest BCUT2D eigenvalue weighted by atomic mass is 16.4. The first-order chi connectivity index (χ1) is 25.7. The SMILES string of the molecule is CC(C)C[C@H](NC(=O)[C@H](CC(=O)O)NC(=O)[C@H](Cc1ccccc1)NC(=O)[C@H](Cc1ccc(O)cc1)NC(=O)[C@@H](N)Cc1c[nH]c2ccccc12)C(=O)O. The first-order valence-electron chi connectivity index (χ1n) is 17.5. The molecule has 0 bridgehead atoms. The maximum absolute atomic E-state index is 14.1. The van der Waals surface area contributed by atoms with Gasteiger partial charge in [0.25, 0.3) is 0 Å². The first kappa shape index (κ1) is 40.5. The molecule has 286 valence electrons. The van der Waals surface area contributed by atoms with E-state index >= 15 is 0 Å². The summed E-state index contributed by atoms with van der Waals surface area (Å²) in [6.07, 6.45) is 0.940. The maximum atomic E-state index is 14.1. The van der Waals surface area contributed by atoms with Crippen LogP contribution in [0, 0.1) is 5.92 Å². The van der Waals surface area contributed by atoms with Crippen LogP contribution in [0.4, 0.5) is 0 Å². The molecule has 0 aliphatic heterocycles. The third-order valence-electron chi connectivity index (χ3n) is 8.71. The molecule has 54 heavy (non-hydrogen) atoms. The second-order valence-corrected chi connectivity index (χ2v) is 13.5. The largest absolute Gasteiger partial charge is 0.508 e. The van der Waals surface area contributed by atoms with Gasteiger partial charge in [-0.3, -0.25) is 24.0 Å². The van der Waals surface area contributed by atoms with Crippen LogP contribution in [0.1, 0.15) is 43.4 Å². The molecule has 1 heterocycles. The van der Waals surface area contributed by atoms with Crippen LogP contribution < -0.4 is 27.0 Å². The Balaban J connectivity index is 1.58. The monoisotopic (exact) mass is 742 g/mol. The van der Waals surface area contributed by atoms with E-state index in [9.17, 15) is 44.1 Å². The third kappa shape index (κ3) is 11.9. The number of carbonyl (C=O) groups excluding carboxylic acids is 4. The number of aliphatic carboxylic acids is 2. The molecule has 0 saturated carbocycles. The number of rotatable bonds is 19. The summed E-state index contributed by atoms with van der Waals surface area (Å²) in [4.78, 5) is 81.3. The topological polar surface area (TPSA) is 253 Å². The lowest BCUT2D eigenvalue weighted by atomic mass is 10.0. The minimum absolute atomic E-state index is 0.0111. The third-order valence-corrected chi connectivity index (χ3v) is 8.71. The van der Waals surface area contributed by atoms with Crippen LogP contribution in [0.2, 0.25) is 0 Å². The van der Waals surface area contributed by atoms with E-state index in [0.29, 0.717) is 11.1 Å². The Morgan fingerprint density at radius 3 is 1.76 bits per heavy atom. The highest BCUT2D eigenvalue weighted by molar-refractivity contribution is 5.97. The van der Waals surface area contributed by atoms with Gasteiger partial charge in [0, 0.05) is 29.9 Å². The van der Waals surface area contributed by atoms with E-state index in [2.05, 4.69) is 26.3 Å². The molecule has 0 aliphatic carbocycles. The van der Waals surface area contributed by atoms with Crippen LogP contribution in [0.15, 0.2) is 85.1 Å². The number of nitrogens with one attached hydrogen (secondary N) is 5. The number of phenolic OH excluding ortho intramolecular Hbond substituents is 1. The smallest absolute Gasteiger partial charge is 0.326 e. The van der Waals surface area contributed by atoms with Gasteiger partial charge in [0.15, 0.2) is 0 Å². The Morgan fingerprint density at radius 2 is 1.17 bits per heavy atom. The number of benzene rings is 3. The summed E-state index contributed by atoms with van der Waals surface area (Å²) in [5.41, 5.74) is 9.18. The molecule has 0 saturated heterocycles. The zero-order chi connectivity index (χ0) is 39.4. The fraction of sp³-hybridized carbons (Fsp3) is 0.333. The predicted octanol–water partition coefficient (Wildman–Crippen LogP) is 1.77. The van der Waals surface area contributed by atoms with Crippen molar-refractivity contribution in [3.63, 3.8) is 0 Å². The van der Waals surface area contributed by atoms with Gasteiger partial charge >= 0.3 is 11.9 Å². The quantitative estimate of drug-likeness (QED) is 0.0673. The van der Waals surface area contributed by atoms with E-state index < -0.39 is 72.2 Å². The average molecular weight is 743 g/mol. The number of hydrogen-bond donors (Lipinski definition) is 9. The number of carboxylic acid groups (broad SMARTS) is 2. The van der Waals surface area contributed by atoms with Gasteiger partial charge in [0.05, 0.1) is 12.5 Å². The van der Waals surface area contributed by atoms with Crippen molar-refractivity contribution >= 4 is 46.5 Å². The Hall–Kier alpha value is -6.22. The van der Waals surface area contributed by atoms with Gasteiger partial charge in [0.2, 0.25) is 23.6 Å². The molecular formula is C39H46N6O9. The van der Waals surface area contributed by atoms with Gasteiger partial charge < -0.3 is 47.3 Å². The Morgan fingerprint density at radius 1 is 0.648 bits per heavy atom. The normalized spacial score (nSPS) is 13.9. The summed E-state index contributed by atoms with van der Waals surface area (Å²) in [5, 5.41) is 39.9. The molecule has 5 atom stereocenters. The number of aromatic hydroxyl groups is 1. The molecule has 15 nitrogen and oxygen atoms in total. The molecule has 3 aromatic carbocycles. The molecule has 0 fully saturated rings. The zero-order valence-corrected chi connectivity index (χ0v) is 30.0. The fourth-order valence-electron chi connectivity index (χ4n) is 5.94. The van der Waals surface area contributed by atoms with Crippen molar-refractivity contribution in [1.29, 1.82) is 0 Å². The predicted molar refractivity (Wildman–Crippen MR) is 199 cm³/mol. The number of phenols is 1. The number of H-pyrrole nitrogens is 1. The molecule has 1 aromatic heterocycles. The standard InChI is InChI=1S/C39H46N6O9/c1-22(2)16-33(39(53)54)45-38(52)32(20-34(47)48)44-37(51)31(17-23-8-4-3-5-9-23)43-36(50)30(18-24-12-14-26(46)15-13-24)42-35(49)28(40)19-25-21-41-29-11-7-6-10-27(25)29/h3-15,21-22,28,30-33,41,46H,16-20,40H2,1-2H3,(H,42,49)(H,43,50)(H,44,51)(H,45,52)(H,47,48)(H,53,54)/t28-,30-,31-,32-,33-/m0/s1. The number of nitrogens with two attached hydrogens (primary N) is 1. The van der Waals surface area contributed by atoms with Crippen LogP contribution in [0.25, 0.3) is 10.9 Å². The first-order valence-corrected chi connectivity index (χ1v) is 17.5. The molecule has 0 spiro atoms. The minimum Gasteiger partial charge on any atom is -0.508 e. The van der Waals surface area contributed by atoms with Crippen LogP contribution in [0.5, 0.6) is 5.75 Å². The number of carboxylic acids is 2. The lowest BCUT2D eigenvalue weighted by Crippen LogP contribution is -2.59. The summed E-state index contributed by atoms with van der Waals surface area (Å²) in [6.45, 7) is 3.51. The van der Waals surface area contributed by atoms with Crippen LogP contribution in [0.3, 0.4) is 0 Å². The van der Waals surface area contributed by atoms with E-state index in [1.165, 1.54) is 12.1 Å².